The molecular formula is C19H27ClN2O. The van der Waals surface area contributed by atoms with Gasteiger partial charge < -0.3 is 10.2 Å². The molecular weight excluding hydrogens is 308 g/mol. The minimum absolute atomic E-state index is 0.183. The third kappa shape index (κ3) is 4.63. The second kappa shape index (κ2) is 8.05. The molecule has 1 aliphatic carbocycles. The average Bonchev–Trinajstić information content (AvgIpc) is 2.61. The lowest BCUT2D eigenvalue weighted by atomic mass is 9.89. The first-order valence-electron chi connectivity index (χ1n) is 9.00. The van der Waals surface area contributed by atoms with E-state index in [2.05, 4.69) is 22.3 Å². The number of anilines is 1. The van der Waals surface area contributed by atoms with E-state index in [1.807, 2.05) is 12.1 Å². The zero-order valence-electron chi connectivity index (χ0n) is 13.8. The molecule has 1 aromatic carbocycles. The van der Waals surface area contributed by atoms with Gasteiger partial charge in [0.25, 0.3) is 0 Å². The number of benzene rings is 1. The van der Waals surface area contributed by atoms with Crippen LogP contribution in [0, 0.1) is 11.8 Å². The molecule has 3 rings (SSSR count). The van der Waals surface area contributed by atoms with Crippen LogP contribution in [0.15, 0.2) is 24.3 Å². The van der Waals surface area contributed by atoms with Gasteiger partial charge in [-0.2, -0.15) is 0 Å². The maximum absolute atomic E-state index is 12.4. The van der Waals surface area contributed by atoms with E-state index in [0.29, 0.717) is 5.92 Å². The third-order valence-corrected chi connectivity index (χ3v) is 5.60. The van der Waals surface area contributed by atoms with Crippen molar-refractivity contribution in [2.24, 2.45) is 11.8 Å². The molecule has 1 saturated carbocycles. The molecule has 23 heavy (non-hydrogen) atoms. The van der Waals surface area contributed by atoms with Crippen LogP contribution in [0.4, 0.5) is 5.69 Å². The lowest BCUT2D eigenvalue weighted by molar-refractivity contribution is -0.125. The van der Waals surface area contributed by atoms with Gasteiger partial charge in [-0.15, -0.1) is 0 Å². The van der Waals surface area contributed by atoms with E-state index in [1.165, 1.54) is 37.8 Å². The molecule has 1 amide bonds. The van der Waals surface area contributed by atoms with Gasteiger partial charge in [0.05, 0.1) is 0 Å². The molecule has 3 nitrogen and oxygen atoms in total. The van der Waals surface area contributed by atoms with Gasteiger partial charge in [0.2, 0.25) is 5.91 Å². The molecule has 2 aliphatic rings. The molecule has 4 heteroatoms. The molecule has 1 saturated heterocycles. The number of carbonyl (C=O) groups is 1. The topological polar surface area (TPSA) is 32.3 Å². The van der Waals surface area contributed by atoms with Crippen LogP contribution in [0.2, 0.25) is 5.02 Å². The quantitative estimate of drug-likeness (QED) is 0.892. The van der Waals surface area contributed by atoms with Gasteiger partial charge >= 0.3 is 0 Å². The molecule has 126 valence electrons. The van der Waals surface area contributed by atoms with Gasteiger partial charge in [-0.05, 0) is 55.9 Å². The predicted octanol–water partition coefficient (Wildman–Crippen LogP) is 4.25. The lowest BCUT2D eigenvalue weighted by Gasteiger charge is -2.33. The van der Waals surface area contributed by atoms with E-state index in [9.17, 15) is 4.79 Å². The molecule has 2 fully saturated rings. The van der Waals surface area contributed by atoms with E-state index >= 15 is 0 Å². The fourth-order valence-electron chi connectivity index (χ4n) is 3.83. The van der Waals surface area contributed by atoms with E-state index in [1.54, 1.807) is 0 Å². The Morgan fingerprint density at radius 2 is 1.70 bits per heavy atom. The summed E-state index contributed by atoms with van der Waals surface area (Å²) in [4.78, 5) is 14.7. The smallest absolute Gasteiger partial charge is 0.223 e. The van der Waals surface area contributed by atoms with Crippen molar-refractivity contribution >= 4 is 23.2 Å². The van der Waals surface area contributed by atoms with Crippen molar-refractivity contribution < 1.29 is 4.79 Å². The van der Waals surface area contributed by atoms with E-state index in [4.69, 9.17) is 11.6 Å². The van der Waals surface area contributed by atoms with Gasteiger partial charge in [0, 0.05) is 36.3 Å². The van der Waals surface area contributed by atoms with Crippen LogP contribution < -0.4 is 10.2 Å². The number of nitrogens with one attached hydrogen (secondary N) is 1. The Labute approximate surface area is 144 Å². The van der Waals surface area contributed by atoms with Crippen LogP contribution in [0.3, 0.4) is 0 Å². The molecule has 0 radical (unpaired) electrons. The number of hydrogen-bond donors (Lipinski definition) is 1. The van der Waals surface area contributed by atoms with Crippen molar-refractivity contribution in [1.29, 1.82) is 0 Å². The first kappa shape index (κ1) is 16.6. The van der Waals surface area contributed by atoms with Crippen LogP contribution in [0.5, 0.6) is 0 Å². The summed E-state index contributed by atoms with van der Waals surface area (Å²) in [6, 6.07) is 7.98. The summed E-state index contributed by atoms with van der Waals surface area (Å²) < 4.78 is 0. The van der Waals surface area contributed by atoms with Gasteiger partial charge in [0.15, 0.2) is 0 Å². The SMILES string of the molecule is O=C(NCC1CCCCC1)C1CCN(c2ccc(Cl)cc2)CC1. The second-order valence-corrected chi connectivity index (χ2v) is 7.42. The molecule has 1 aromatic rings. The molecule has 1 aliphatic heterocycles. The van der Waals surface area contributed by atoms with Crippen LogP contribution in [0.25, 0.3) is 0 Å². The summed E-state index contributed by atoms with van der Waals surface area (Å²) in [7, 11) is 0. The highest BCUT2D eigenvalue weighted by Crippen LogP contribution is 2.26. The Kier molecular flexibility index (Phi) is 5.82. The van der Waals surface area contributed by atoms with Crippen molar-refractivity contribution in [3.05, 3.63) is 29.3 Å². The zero-order valence-corrected chi connectivity index (χ0v) is 14.5. The largest absolute Gasteiger partial charge is 0.371 e. The summed E-state index contributed by atoms with van der Waals surface area (Å²) in [5, 5.41) is 3.98. The van der Waals surface area contributed by atoms with Crippen molar-refractivity contribution in [3.8, 4) is 0 Å². The lowest BCUT2D eigenvalue weighted by Crippen LogP contribution is -2.41. The molecule has 0 spiro atoms. The first-order chi connectivity index (χ1) is 11.2. The minimum Gasteiger partial charge on any atom is -0.371 e. The fourth-order valence-corrected chi connectivity index (χ4v) is 3.96. The standard InChI is InChI=1S/C19H27ClN2O/c20-17-6-8-18(9-7-17)22-12-10-16(11-13-22)19(23)21-14-15-4-2-1-3-5-15/h6-9,15-16H,1-5,10-14H2,(H,21,23). The Balaban J connectivity index is 1.42. The van der Waals surface area contributed by atoms with Crippen molar-refractivity contribution in [3.63, 3.8) is 0 Å². The van der Waals surface area contributed by atoms with Gasteiger partial charge in [-0.1, -0.05) is 30.9 Å². The maximum atomic E-state index is 12.4. The molecule has 0 bridgehead atoms. The highest BCUT2D eigenvalue weighted by Gasteiger charge is 2.25. The zero-order chi connectivity index (χ0) is 16.1. The molecule has 0 aromatic heterocycles. The number of nitrogens with zero attached hydrogens (tertiary/aromatic N) is 1. The summed E-state index contributed by atoms with van der Waals surface area (Å²) in [6.45, 7) is 2.78. The second-order valence-electron chi connectivity index (χ2n) is 6.99. The first-order valence-corrected chi connectivity index (χ1v) is 9.38. The Bertz CT molecular complexity index is 503. The van der Waals surface area contributed by atoms with E-state index in [-0.39, 0.29) is 11.8 Å². The third-order valence-electron chi connectivity index (χ3n) is 5.35. The highest BCUT2D eigenvalue weighted by atomic mass is 35.5. The van der Waals surface area contributed by atoms with Crippen LogP contribution in [-0.4, -0.2) is 25.5 Å². The number of carbonyl (C=O) groups excluding carboxylic acids is 1. The van der Waals surface area contributed by atoms with E-state index in [0.717, 1.165) is 37.5 Å². The minimum atomic E-state index is 0.183. The molecule has 1 heterocycles. The number of halogens is 1. The Hall–Kier alpha value is -1.22. The summed E-state index contributed by atoms with van der Waals surface area (Å²) in [6.07, 6.45) is 8.50. The Morgan fingerprint density at radius 3 is 2.35 bits per heavy atom. The monoisotopic (exact) mass is 334 g/mol. The fraction of sp³-hybridized carbons (Fsp3) is 0.632. The van der Waals surface area contributed by atoms with Gasteiger partial charge in [-0.3, -0.25) is 4.79 Å². The van der Waals surface area contributed by atoms with E-state index < -0.39 is 0 Å². The molecule has 0 unspecified atom stereocenters. The van der Waals surface area contributed by atoms with Gasteiger partial charge in [0.1, 0.15) is 0 Å². The normalized spacial score (nSPS) is 20.5. The summed E-state index contributed by atoms with van der Waals surface area (Å²) in [5.41, 5.74) is 1.20. The highest BCUT2D eigenvalue weighted by molar-refractivity contribution is 6.30. The molecule has 1 N–H and O–H groups in total. The van der Waals surface area contributed by atoms with Crippen molar-refractivity contribution in [1.82, 2.24) is 5.32 Å². The van der Waals surface area contributed by atoms with Gasteiger partial charge in [-0.25, -0.2) is 0 Å². The predicted molar refractivity (Wildman–Crippen MR) is 96.0 cm³/mol. The van der Waals surface area contributed by atoms with Crippen LogP contribution in [-0.2, 0) is 4.79 Å². The molecule has 0 atom stereocenters. The summed E-state index contributed by atoms with van der Waals surface area (Å²) >= 11 is 5.94. The maximum Gasteiger partial charge on any atom is 0.223 e. The Morgan fingerprint density at radius 1 is 1.04 bits per heavy atom. The number of piperidine rings is 1. The van der Waals surface area contributed by atoms with Crippen LogP contribution in [0.1, 0.15) is 44.9 Å². The number of amides is 1. The van der Waals surface area contributed by atoms with Crippen molar-refractivity contribution in [2.75, 3.05) is 24.5 Å². The summed E-state index contributed by atoms with van der Waals surface area (Å²) in [5.74, 6) is 1.16. The average molecular weight is 335 g/mol. The van der Waals surface area contributed by atoms with Crippen LogP contribution >= 0.6 is 11.6 Å². The number of hydrogen-bond acceptors (Lipinski definition) is 2. The van der Waals surface area contributed by atoms with Crippen molar-refractivity contribution in [2.45, 2.75) is 44.9 Å². The number of rotatable bonds is 4.